The summed E-state index contributed by atoms with van der Waals surface area (Å²) in [7, 11) is 1.76. The van der Waals surface area contributed by atoms with Crippen LogP contribution in [0.15, 0.2) is 29.3 Å². The van der Waals surface area contributed by atoms with Gasteiger partial charge in [0.15, 0.2) is 5.96 Å². The van der Waals surface area contributed by atoms with Gasteiger partial charge in [0, 0.05) is 38.8 Å². The molecule has 28 heavy (non-hydrogen) atoms. The molecule has 2 N–H and O–H groups in total. The Morgan fingerprint density at radius 2 is 2.00 bits per heavy atom. The number of fused-ring (bicyclic) bond motifs is 1. The van der Waals surface area contributed by atoms with E-state index in [9.17, 15) is 0 Å². The minimum Gasteiger partial charge on any atom is -0.487 e. The van der Waals surface area contributed by atoms with Crippen LogP contribution in [0.1, 0.15) is 69.9 Å². The molecule has 158 valence electrons. The summed E-state index contributed by atoms with van der Waals surface area (Å²) in [5.41, 5.74) is 1.25. The SMILES string of the molecule is CCNC(=NCCCCCOC)NC1CC2(CCCC2)Oc2ccccc21.I. The maximum Gasteiger partial charge on any atom is 0.191 e. The Balaban J connectivity index is 0.00000280. The molecule has 1 unspecified atom stereocenters. The number of methoxy groups -OCH3 is 1. The summed E-state index contributed by atoms with van der Waals surface area (Å²) in [6, 6.07) is 8.72. The molecule has 6 heteroatoms. The summed E-state index contributed by atoms with van der Waals surface area (Å²) >= 11 is 0. The lowest BCUT2D eigenvalue weighted by molar-refractivity contribution is 0.0396. The normalized spacial score (nSPS) is 20.2. The third kappa shape index (κ3) is 6.24. The number of guanidine groups is 1. The zero-order valence-corrected chi connectivity index (χ0v) is 19.7. The Morgan fingerprint density at radius 1 is 1.21 bits per heavy atom. The van der Waals surface area contributed by atoms with Crippen molar-refractivity contribution in [3.63, 3.8) is 0 Å². The Kier molecular flexibility index (Phi) is 9.85. The molecule has 5 nitrogen and oxygen atoms in total. The quantitative estimate of drug-likeness (QED) is 0.232. The minimum atomic E-state index is 0. The second-order valence-corrected chi connectivity index (χ2v) is 7.75. The van der Waals surface area contributed by atoms with Crippen LogP contribution in [0, 0.1) is 0 Å². The molecule has 3 rings (SSSR count). The molecule has 0 aromatic heterocycles. The fraction of sp³-hybridized carbons (Fsp3) is 0.682. The van der Waals surface area contributed by atoms with Crippen LogP contribution in [0.25, 0.3) is 0 Å². The van der Waals surface area contributed by atoms with Crippen LogP contribution in [-0.4, -0.2) is 38.4 Å². The zero-order valence-electron chi connectivity index (χ0n) is 17.3. The smallest absolute Gasteiger partial charge is 0.191 e. The van der Waals surface area contributed by atoms with E-state index in [1.807, 2.05) is 0 Å². The lowest BCUT2D eigenvalue weighted by Gasteiger charge is -2.40. The zero-order chi connectivity index (χ0) is 19.0. The first-order valence-electron chi connectivity index (χ1n) is 10.6. The third-order valence-corrected chi connectivity index (χ3v) is 5.64. The molecule has 1 aromatic rings. The lowest BCUT2D eigenvalue weighted by Crippen LogP contribution is -2.46. The van der Waals surface area contributed by atoms with Crippen LogP contribution in [0.3, 0.4) is 0 Å². The number of benzene rings is 1. The van der Waals surface area contributed by atoms with Crippen LogP contribution < -0.4 is 15.4 Å². The summed E-state index contributed by atoms with van der Waals surface area (Å²) in [5, 5.41) is 7.12. The van der Waals surface area contributed by atoms with Crippen molar-refractivity contribution in [3.05, 3.63) is 29.8 Å². The Labute approximate surface area is 187 Å². The van der Waals surface area contributed by atoms with E-state index in [2.05, 4.69) is 41.8 Å². The molecule has 0 saturated heterocycles. The van der Waals surface area contributed by atoms with E-state index in [4.69, 9.17) is 14.5 Å². The van der Waals surface area contributed by atoms with Crippen LogP contribution in [0.2, 0.25) is 0 Å². The highest BCUT2D eigenvalue weighted by Crippen LogP contribution is 2.46. The maximum atomic E-state index is 6.48. The van der Waals surface area contributed by atoms with Crippen LogP contribution in [0.4, 0.5) is 0 Å². The lowest BCUT2D eigenvalue weighted by atomic mass is 9.86. The topological polar surface area (TPSA) is 54.9 Å². The van der Waals surface area contributed by atoms with Gasteiger partial charge in [-0.1, -0.05) is 18.2 Å². The summed E-state index contributed by atoms with van der Waals surface area (Å²) in [6.07, 6.45) is 9.22. The molecule has 1 aliphatic carbocycles. The number of nitrogens with one attached hydrogen (secondary N) is 2. The number of rotatable bonds is 8. The Bertz CT molecular complexity index is 618. The number of aliphatic imine (C=N–C) groups is 1. The molecule has 0 radical (unpaired) electrons. The largest absolute Gasteiger partial charge is 0.487 e. The Hall–Kier alpha value is -1.02. The van der Waals surface area contributed by atoms with E-state index in [1.165, 1.54) is 18.4 Å². The predicted octanol–water partition coefficient (Wildman–Crippen LogP) is 4.81. The van der Waals surface area contributed by atoms with Crippen LogP contribution in [-0.2, 0) is 4.74 Å². The number of para-hydroxylation sites is 1. The second kappa shape index (κ2) is 11.9. The van der Waals surface area contributed by atoms with Gasteiger partial charge in [-0.3, -0.25) is 4.99 Å². The highest BCUT2D eigenvalue weighted by molar-refractivity contribution is 14.0. The molecule has 1 heterocycles. The van der Waals surface area contributed by atoms with Crippen molar-refractivity contribution < 1.29 is 9.47 Å². The first-order chi connectivity index (χ1) is 13.3. The average molecular weight is 501 g/mol. The molecule has 0 bridgehead atoms. The molecule has 0 amide bonds. The molecule has 1 atom stereocenters. The highest BCUT2D eigenvalue weighted by Gasteiger charge is 2.43. The number of nitrogens with zero attached hydrogens (tertiary/aromatic N) is 1. The highest BCUT2D eigenvalue weighted by atomic mass is 127. The first-order valence-corrected chi connectivity index (χ1v) is 10.6. The molecule has 1 aromatic carbocycles. The first kappa shape index (κ1) is 23.3. The van der Waals surface area contributed by atoms with Crippen molar-refractivity contribution in [2.45, 2.75) is 69.9 Å². The molecule has 2 aliphatic rings. The van der Waals surface area contributed by atoms with Crippen molar-refractivity contribution in [3.8, 4) is 5.75 Å². The molecular formula is C22H36IN3O2. The van der Waals surface area contributed by atoms with E-state index in [0.29, 0.717) is 0 Å². The van der Waals surface area contributed by atoms with Crippen molar-refractivity contribution in [1.82, 2.24) is 10.6 Å². The summed E-state index contributed by atoms with van der Waals surface area (Å²) in [4.78, 5) is 4.81. The number of hydrogen-bond donors (Lipinski definition) is 2. The van der Waals surface area contributed by atoms with Gasteiger partial charge in [0.1, 0.15) is 11.4 Å². The van der Waals surface area contributed by atoms with Gasteiger partial charge in [-0.2, -0.15) is 0 Å². The molecular weight excluding hydrogens is 465 g/mol. The predicted molar refractivity (Wildman–Crippen MR) is 126 cm³/mol. The van der Waals surface area contributed by atoms with Crippen molar-refractivity contribution in [2.75, 3.05) is 26.8 Å². The fourth-order valence-corrected chi connectivity index (χ4v) is 4.28. The van der Waals surface area contributed by atoms with E-state index in [-0.39, 0.29) is 35.6 Å². The van der Waals surface area contributed by atoms with Crippen molar-refractivity contribution in [1.29, 1.82) is 0 Å². The van der Waals surface area contributed by atoms with E-state index < -0.39 is 0 Å². The average Bonchev–Trinajstić information content (AvgIpc) is 3.12. The number of ether oxygens (including phenoxy) is 2. The van der Waals surface area contributed by atoms with Gasteiger partial charge in [0.05, 0.1) is 6.04 Å². The fourth-order valence-electron chi connectivity index (χ4n) is 4.28. The Morgan fingerprint density at radius 3 is 2.75 bits per heavy atom. The van der Waals surface area contributed by atoms with E-state index in [0.717, 1.165) is 69.9 Å². The molecule has 1 fully saturated rings. The molecule has 1 spiro atoms. The van der Waals surface area contributed by atoms with Gasteiger partial charge in [0.2, 0.25) is 0 Å². The monoisotopic (exact) mass is 501 g/mol. The number of unbranched alkanes of at least 4 members (excludes halogenated alkanes) is 2. The van der Waals surface area contributed by atoms with Crippen molar-refractivity contribution in [2.24, 2.45) is 4.99 Å². The van der Waals surface area contributed by atoms with Gasteiger partial charge in [-0.05, 0) is 57.9 Å². The summed E-state index contributed by atoms with van der Waals surface area (Å²) in [6.45, 7) is 4.66. The second-order valence-electron chi connectivity index (χ2n) is 7.75. The standard InChI is InChI=1S/C22H35N3O2.HI/c1-3-23-21(24-15-9-4-10-16-26-2)25-19-17-22(13-7-8-14-22)27-20-12-6-5-11-18(19)20;/h5-6,11-12,19H,3-4,7-10,13-17H2,1-2H3,(H2,23,24,25);1H. The van der Waals surface area contributed by atoms with Gasteiger partial charge in [-0.25, -0.2) is 0 Å². The molecule has 1 saturated carbocycles. The number of halogens is 1. The number of hydrogen-bond acceptors (Lipinski definition) is 3. The van der Waals surface area contributed by atoms with E-state index in [1.54, 1.807) is 7.11 Å². The van der Waals surface area contributed by atoms with Crippen molar-refractivity contribution >= 4 is 29.9 Å². The van der Waals surface area contributed by atoms with Crippen LogP contribution >= 0.6 is 24.0 Å². The van der Waals surface area contributed by atoms with Gasteiger partial charge in [-0.15, -0.1) is 24.0 Å². The van der Waals surface area contributed by atoms with Gasteiger partial charge < -0.3 is 20.1 Å². The maximum absolute atomic E-state index is 6.48. The minimum absolute atomic E-state index is 0. The third-order valence-electron chi connectivity index (χ3n) is 5.64. The van der Waals surface area contributed by atoms with Crippen LogP contribution in [0.5, 0.6) is 5.75 Å². The van der Waals surface area contributed by atoms with E-state index >= 15 is 0 Å². The summed E-state index contributed by atoms with van der Waals surface area (Å²) < 4.78 is 11.6. The summed E-state index contributed by atoms with van der Waals surface area (Å²) in [5.74, 6) is 1.96. The van der Waals surface area contributed by atoms with Gasteiger partial charge >= 0.3 is 0 Å². The molecule has 1 aliphatic heterocycles. The van der Waals surface area contributed by atoms with Gasteiger partial charge in [0.25, 0.3) is 0 Å².